The van der Waals surface area contributed by atoms with Crippen molar-refractivity contribution in [3.8, 4) is 0 Å². The van der Waals surface area contributed by atoms with E-state index in [0.29, 0.717) is 24.3 Å². The molecule has 0 spiro atoms. The number of aryl methyl sites for hydroxylation is 2. The van der Waals surface area contributed by atoms with Crippen molar-refractivity contribution in [1.29, 1.82) is 0 Å². The van der Waals surface area contributed by atoms with E-state index in [1.54, 1.807) is 0 Å². The summed E-state index contributed by atoms with van der Waals surface area (Å²) in [6.07, 6.45) is 1.48. The highest BCUT2D eigenvalue weighted by atomic mass is 32.2. The highest BCUT2D eigenvalue weighted by Crippen LogP contribution is 2.11. The smallest absolute Gasteiger partial charge is 0.303 e. The summed E-state index contributed by atoms with van der Waals surface area (Å²) < 4.78 is 11.8. The van der Waals surface area contributed by atoms with Gasteiger partial charge in [0.1, 0.15) is 0 Å². The van der Waals surface area contributed by atoms with Crippen LogP contribution in [0.4, 0.5) is 0 Å². The first-order valence-electron chi connectivity index (χ1n) is 6.11. The molecule has 1 atom stereocenters. The van der Waals surface area contributed by atoms with Crippen LogP contribution >= 0.6 is 0 Å². The van der Waals surface area contributed by atoms with E-state index >= 15 is 0 Å². The molecule has 100 valence electrons. The van der Waals surface area contributed by atoms with Crippen LogP contribution in [0.15, 0.2) is 18.2 Å². The Hall–Kier alpha value is -1.16. The molecule has 3 nitrogen and oxygen atoms in total. The fraction of sp³-hybridized carbons (Fsp3) is 0.500. The predicted molar refractivity (Wildman–Crippen MR) is 74.1 cm³/mol. The van der Waals surface area contributed by atoms with Gasteiger partial charge < -0.3 is 5.11 Å². The molecule has 1 aromatic rings. The number of aliphatic carboxylic acids is 1. The van der Waals surface area contributed by atoms with E-state index in [1.165, 1.54) is 11.1 Å². The van der Waals surface area contributed by atoms with Crippen LogP contribution in [0.2, 0.25) is 0 Å². The third kappa shape index (κ3) is 5.96. The van der Waals surface area contributed by atoms with Gasteiger partial charge in [-0.1, -0.05) is 29.3 Å². The minimum atomic E-state index is -0.895. The minimum Gasteiger partial charge on any atom is -0.481 e. The Morgan fingerprint density at radius 1 is 1.17 bits per heavy atom. The average Bonchev–Trinajstić information content (AvgIpc) is 2.22. The number of carboxylic acids is 1. The molecule has 18 heavy (non-hydrogen) atoms. The summed E-state index contributed by atoms with van der Waals surface area (Å²) in [7, 11) is -0.895. The molecule has 0 heterocycles. The van der Waals surface area contributed by atoms with Gasteiger partial charge in [0.15, 0.2) is 0 Å². The Kier molecular flexibility index (Phi) is 6.05. The van der Waals surface area contributed by atoms with E-state index in [2.05, 4.69) is 18.2 Å². The van der Waals surface area contributed by atoms with Crippen molar-refractivity contribution in [1.82, 2.24) is 0 Å². The summed E-state index contributed by atoms with van der Waals surface area (Å²) in [6, 6.07) is 6.21. The van der Waals surface area contributed by atoms with Crippen molar-refractivity contribution >= 4 is 16.8 Å². The number of rotatable bonds is 7. The lowest BCUT2D eigenvalue weighted by Crippen LogP contribution is -2.03. The average molecular weight is 268 g/mol. The largest absolute Gasteiger partial charge is 0.481 e. The zero-order valence-corrected chi connectivity index (χ0v) is 11.8. The topological polar surface area (TPSA) is 54.4 Å². The first-order valence-corrected chi connectivity index (χ1v) is 7.60. The molecule has 0 saturated heterocycles. The van der Waals surface area contributed by atoms with Crippen LogP contribution in [0.25, 0.3) is 0 Å². The Morgan fingerprint density at radius 2 is 1.78 bits per heavy atom. The predicted octanol–water partition coefficient (Wildman–Crippen LogP) is 2.81. The molecular formula is C14H20O3S. The van der Waals surface area contributed by atoms with Gasteiger partial charge in [0.2, 0.25) is 0 Å². The van der Waals surface area contributed by atoms with E-state index in [-0.39, 0.29) is 6.42 Å². The summed E-state index contributed by atoms with van der Waals surface area (Å²) in [5.41, 5.74) is 3.48. The van der Waals surface area contributed by atoms with Crippen molar-refractivity contribution in [2.45, 2.75) is 38.9 Å². The van der Waals surface area contributed by atoms with Crippen LogP contribution in [0.3, 0.4) is 0 Å². The van der Waals surface area contributed by atoms with Crippen LogP contribution in [0.1, 0.15) is 36.0 Å². The highest BCUT2D eigenvalue weighted by molar-refractivity contribution is 7.84. The molecule has 0 fully saturated rings. The standard InChI is InChI=1S/C14H20O3S/c1-11-7-12(2)9-13(8-11)10-18(17)6-4-3-5-14(15)16/h7-9H,3-6,10H2,1-2H3,(H,15,16). The van der Waals surface area contributed by atoms with Gasteiger partial charge in [0, 0.05) is 28.7 Å². The number of unbranched alkanes of at least 4 members (excludes halogenated alkanes) is 1. The van der Waals surface area contributed by atoms with Gasteiger partial charge in [-0.25, -0.2) is 0 Å². The van der Waals surface area contributed by atoms with Crippen molar-refractivity contribution in [3.63, 3.8) is 0 Å². The van der Waals surface area contributed by atoms with E-state index in [1.807, 2.05) is 13.8 Å². The van der Waals surface area contributed by atoms with Crippen molar-refractivity contribution in [2.75, 3.05) is 5.75 Å². The molecule has 1 N–H and O–H groups in total. The molecule has 1 rings (SSSR count). The molecule has 0 bridgehead atoms. The summed E-state index contributed by atoms with van der Waals surface area (Å²) in [5, 5.41) is 8.50. The maximum Gasteiger partial charge on any atom is 0.303 e. The van der Waals surface area contributed by atoms with Crippen LogP contribution in [-0.4, -0.2) is 21.0 Å². The molecular weight excluding hydrogens is 248 g/mol. The lowest BCUT2D eigenvalue weighted by Gasteiger charge is -2.05. The quantitative estimate of drug-likeness (QED) is 0.774. The molecule has 0 radical (unpaired) electrons. The van der Waals surface area contributed by atoms with E-state index in [4.69, 9.17) is 5.11 Å². The lowest BCUT2D eigenvalue weighted by atomic mass is 10.1. The van der Waals surface area contributed by atoms with Gasteiger partial charge in [0.25, 0.3) is 0 Å². The van der Waals surface area contributed by atoms with E-state index < -0.39 is 16.8 Å². The maximum absolute atomic E-state index is 11.8. The number of hydrogen-bond donors (Lipinski definition) is 1. The SMILES string of the molecule is Cc1cc(C)cc(CS(=O)CCCCC(=O)O)c1. The molecule has 0 aliphatic rings. The van der Waals surface area contributed by atoms with Crippen molar-refractivity contribution in [3.05, 3.63) is 34.9 Å². The Balaban J connectivity index is 2.37. The summed E-state index contributed by atoms with van der Waals surface area (Å²) in [6.45, 7) is 4.07. The number of carboxylic acid groups (broad SMARTS) is 1. The number of benzene rings is 1. The monoisotopic (exact) mass is 268 g/mol. The van der Waals surface area contributed by atoms with Crippen LogP contribution in [0.5, 0.6) is 0 Å². The normalized spacial score (nSPS) is 12.3. The van der Waals surface area contributed by atoms with Gasteiger partial charge >= 0.3 is 5.97 Å². The van der Waals surface area contributed by atoms with Gasteiger partial charge in [-0.05, 0) is 32.3 Å². The number of hydrogen-bond acceptors (Lipinski definition) is 2. The Bertz CT molecular complexity index is 420. The van der Waals surface area contributed by atoms with Crippen LogP contribution in [-0.2, 0) is 21.3 Å². The molecule has 0 aromatic heterocycles. The van der Waals surface area contributed by atoms with Gasteiger partial charge in [-0.2, -0.15) is 0 Å². The fourth-order valence-electron chi connectivity index (χ4n) is 1.95. The Morgan fingerprint density at radius 3 is 2.33 bits per heavy atom. The summed E-state index contributed by atoms with van der Waals surface area (Å²) in [5.74, 6) is 0.366. The molecule has 0 aliphatic carbocycles. The fourth-order valence-corrected chi connectivity index (χ4v) is 3.16. The zero-order valence-electron chi connectivity index (χ0n) is 10.9. The van der Waals surface area contributed by atoms with E-state index in [0.717, 1.165) is 5.56 Å². The second kappa shape index (κ2) is 7.31. The van der Waals surface area contributed by atoms with Gasteiger partial charge in [-0.3, -0.25) is 9.00 Å². The molecule has 1 unspecified atom stereocenters. The zero-order chi connectivity index (χ0) is 13.5. The van der Waals surface area contributed by atoms with E-state index in [9.17, 15) is 9.00 Å². The summed E-state index contributed by atoms with van der Waals surface area (Å²) >= 11 is 0. The van der Waals surface area contributed by atoms with Gasteiger partial charge in [-0.15, -0.1) is 0 Å². The second-order valence-corrected chi connectivity index (χ2v) is 6.21. The number of carbonyl (C=O) groups is 1. The summed E-state index contributed by atoms with van der Waals surface area (Å²) in [4.78, 5) is 10.3. The van der Waals surface area contributed by atoms with Crippen molar-refractivity contribution in [2.24, 2.45) is 0 Å². The highest BCUT2D eigenvalue weighted by Gasteiger charge is 2.04. The molecule has 0 aliphatic heterocycles. The van der Waals surface area contributed by atoms with Crippen molar-refractivity contribution < 1.29 is 14.1 Å². The third-order valence-electron chi connectivity index (χ3n) is 2.62. The minimum absolute atomic E-state index is 0.167. The Labute approximate surface area is 111 Å². The first kappa shape index (κ1) is 14.9. The first-order chi connectivity index (χ1) is 8.47. The van der Waals surface area contributed by atoms with Crippen LogP contribution < -0.4 is 0 Å². The third-order valence-corrected chi connectivity index (χ3v) is 4.02. The molecule has 4 heteroatoms. The molecule has 0 saturated carbocycles. The maximum atomic E-state index is 11.8. The lowest BCUT2D eigenvalue weighted by molar-refractivity contribution is -0.137. The molecule has 1 aromatic carbocycles. The van der Waals surface area contributed by atoms with Crippen LogP contribution in [0, 0.1) is 13.8 Å². The molecule has 0 amide bonds. The second-order valence-electron chi connectivity index (χ2n) is 4.64. The van der Waals surface area contributed by atoms with Gasteiger partial charge in [0.05, 0.1) is 0 Å².